The molecule has 0 aliphatic carbocycles. The quantitative estimate of drug-likeness (QED) is 0.579. The Labute approximate surface area is 147 Å². The zero-order valence-corrected chi connectivity index (χ0v) is 14.1. The molecule has 1 aliphatic heterocycles. The van der Waals surface area contributed by atoms with Crippen LogP contribution in [0.25, 0.3) is 0 Å². The highest BCUT2D eigenvalue weighted by atomic mass is 19.4. The maximum atomic E-state index is 13.2. The smallest absolute Gasteiger partial charge is 0.437 e. The van der Waals surface area contributed by atoms with Crippen LogP contribution in [-0.2, 0) is 0 Å². The summed E-state index contributed by atoms with van der Waals surface area (Å²) < 4.78 is 44.7. The van der Waals surface area contributed by atoms with Crippen LogP contribution in [0.1, 0.15) is 13.8 Å². The van der Waals surface area contributed by atoms with E-state index < -0.39 is 41.9 Å². The Hall–Kier alpha value is -2.50. The lowest BCUT2D eigenvalue weighted by Crippen LogP contribution is -2.57. The second-order valence-corrected chi connectivity index (χ2v) is 5.90. The van der Waals surface area contributed by atoms with Crippen LogP contribution in [0, 0.1) is 5.41 Å². The number of hydrazone groups is 1. The second-order valence-electron chi connectivity index (χ2n) is 5.90. The molecule has 26 heavy (non-hydrogen) atoms. The first-order chi connectivity index (χ1) is 11.9. The van der Waals surface area contributed by atoms with Crippen molar-refractivity contribution in [1.82, 2.24) is 5.01 Å². The summed E-state index contributed by atoms with van der Waals surface area (Å²) in [5.74, 6) is -2.02. The van der Waals surface area contributed by atoms with Gasteiger partial charge >= 0.3 is 6.18 Å². The zero-order valence-electron chi connectivity index (χ0n) is 14.1. The molecule has 1 aliphatic rings. The van der Waals surface area contributed by atoms with Crippen molar-refractivity contribution in [2.45, 2.75) is 31.9 Å². The van der Waals surface area contributed by atoms with E-state index in [0.717, 1.165) is 5.01 Å². The van der Waals surface area contributed by atoms with Crippen LogP contribution in [0.3, 0.4) is 0 Å². The molecule has 2 rings (SSSR count). The van der Waals surface area contributed by atoms with Crippen LogP contribution >= 0.6 is 0 Å². The molecule has 0 fully saturated rings. The van der Waals surface area contributed by atoms with Crippen LogP contribution in [0.15, 0.2) is 34.4 Å². The second kappa shape index (κ2) is 7.02. The molecule has 0 spiro atoms. The lowest BCUT2D eigenvalue weighted by molar-refractivity contribution is -0.0571. The van der Waals surface area contributed by atoms with E-state index in [1.54, 1.807) is 13.8 Å². The molecule has 1 aromatic carbocycles. The van der Waals surface area contributed by atoms with Crippen molar-refractivity contribution in [2.75, 3.05) is 6.61 Å². The number of benzene rings is 1. The van der Waals surface area contributed by atoms with Gasteiger partial charge in [0.15, 0.2) is 11.5 Å². The van der Waals surface area contributed by atoms with E-state index in [-0.39, 0.29) is 11.4 Å². The van der Waals surface area contributed by atoms with Crippen molar-refractivity contribution in [1.29, 1.82) is 5.41 Å². The van der Waals surface area contributed by atoms with Gasteiger partial charge in [-0.15, -0.1) is 0 Å². The fourth-order valence-electron chi connectivity index (χ4n) is 2.07. The third-order valence-electron chi connectivity index (χ3n) is 3.28. The fourth-order valence-corrected chi connectivity index (χ4v) is 2.07. The van der Waals surface area contributed by atoms with E-state index >= 15 is 0 Å². The Morgan fingerprint density at radius 2 is 1.85 bits per heavy atom. The highest BCUT2D eigenvalue weighted by molar-refractivity contribution is 6.70. The number of hydrogen-bond acceptors (Lipinski definition) is 7. The first-order valence-corrected chi connectivity index (χ1v) is 7.55. The number of aliphatic hydroxyl groups excluding tert-OH is 1. The van der Waals surface area contributed by atoms with Gasteiger partial charge in [-0.2, -0.15) is 18.3 Å². The van der Waals surface area contributed by atoms with Gasteiger partial charge in [0.2, 0.25) is 5.85 Å². The number of alkyl halides is 3. The summed E-state index contributed by atoms with van der Waals surface area (Å²) >= 11 is 0. The molecule has 11 heteroatoms. The Morgan fingerprint density at radius 1 is 1.27 bits per heavy atom. The van der Waals surface area contributed by atoms with E-state index in [9.17, 15) is 13.2 Å². The summed E-state index contributed by atoms with van der Waals surface area (Å²) in [6, 6.07) is 5.08. The number of hydrogen-bond donors (Lipinski definition) is 4. The van der Waals surface area contributed by atoms with Gasteiger partial charge in [-0.3, -0.25) is 16.9 Å². The van der Waals surface area contributed by atoms with Gasteiger partial charge in [0.05, 0.1) is 5.69 Å². The van der Waals surface area contributed by atoms with Crippen LogP contribution in [-0.4, -0.2) is 52.0 Å². The van der Waals surface area contributed by atoms with Gasteiger partial charge in [0.25, 0.3) is 0 Å². The average Bonchev–Trinajstić information content (AvgIpc) is 2.86. The molecule has 142 valence electrons. The molecule has 0 aromatic heterocycles. The maximum absolute atomic E-state index is 13.2. The number of rotatable bonds is 5. The van der Waals surface area contributed by atoms with Gasteiger partial charge < -0.3 is 9.84 Å². The summed E-state index contributed by atoms with van der Waals surface area (Å²) in [6.45, 7) is 2.60. The van der Waals surface area contributed by atoms with Gasteiger partial charge in [0.1, 0.15) is 18.1 Å². The molecule has 0 unspecified atom stereocenters. The van der Waals surface area contributed by atoms with Gasteiger partial charge in [-0.05, 0) is 38.1 Å². The van der Waals surface area contributed by atoms with E-state index in [2.05, 4.69) is 10.1 Å². The average molecular weight is 372 g/mol. The molecule has 0 bridgehead atoms. The van der Waals surface area contributed by atoms with Crippen LogP contribution in [0.4, 0.5) is 18.9 Å². The summed E-state index contributed by atoms with van der Waals surface area (Å²) in [6.07, 6.45) is -4.74. The largest absolute Gasteiger partial charge is 0.458 e. The molecule has 1 heterocycles. The minimum absolute atomic E-state index is 0.156. The van der Waals surface area contributed by atoms with Crippen molar-refractivity contribution in [3.63, 3.8) is 0 Å². The van der Waals surface area contributed by atoms with Crippen molar-refractivity contribution in [3.05, 3.63) is 24.3 Å². The molecule has 0 amide bonds. The van der Waals surface area contributed by atoms with Crippen molar-refractivity contribution in [2.24, 2.45) is 21.6 Å². The Kier molecular flexibility index (Phi) is 5.35. The lowest BCUT2D eigenvalue weighted by atomic mass is 10.2. The van der Waals surface area contributed by atoms with Crippen LogP contribution in [0.5, 0.6) is 5.75 Å². The molecular formula is C15H19F3N6O2. The summed E-state index contributed by atoms with van der Waals surface area (Å²) in [5.41, 5.74) is 9.27. The monoisotopic (exact) mass is 372 g/mol. The van der Waals surface area contributed by atoms with E-state index in [1.165, 1.54) is 24.3 Å². The normalized spacial score (nSPS) is 17.3. The zero-order chi connectivity index (χ0) is 19.7. The number of amidine groups is 1. The van der Waals surface area contributed by atoms with Gasteiger partial charge in [-0.25, -0.2) is 10.0 Å². The minimum Gasteiger partial charge on any atom is -0.458 e. The maximum Gasteiger partial charge on any atom is 0.437 e. The van der Waals surface area contributed by atoms with Crippen molar-refractivity contribution < 1.29 is 23.0 Å². The first-order valence-electron chi connectivity index (χ1n) is 7.55. The Bertz CT molecular complexity index is 741. The first kappa shape index (κ1) is 19.8. The molecule has 0 radical (unpaired) electrons. The van der Waals surface area contributed by atoms with Crippen molar-refractivity contribution >= 4 is 22.9 Å². The predicted molar refractivity (Wildman–Crippen MR) is 90.5 cm³/mol. The fraction of sp³-hybridized carbons (Fsp3) is 0.400. The molecule has 0 saturated heterocycles. The number of ether oxygens (including phenoxy) is 1. The third-order valence-corrected chi connectivity index (χ3v) is 3.28. The molecule has 6 N–H and O–H groups in total. The topological polar surface area (TPSA) is 133 Å². The predicted octanol–water partition coefficient (Wildman–Crippen LogP) is 1.32. The lowest BCUT2D eigenvalue weighted by Gasteiger charge is -2.23. The van der Waals surface area contributed by atoms with Crippen molar-refractivity contribution in [3.8, 4) is 5.75 Å². The highest BCUT2D eigenvalue weighted by Gasteiger charge is 2.46. The van der Waals surface area contributed by atoms with Gasteiger partial charge in [0, 0.05) is 6.04 Å². The summed E-state index contributed by atoms with van der Waals surface area (Å²) in [7, 11) is 0. The van der Waals surface area contributed by atoms with E-state index in [1.807, 2.05) is 0 Å². The number of aliphatic imine (C=N–C) groups is 1. The Balaban J connectivity index is 2.32. The molecule has 0 saturated carbocycles. The molecule has 0 atom stereocenters. The van der Waals surface area contributed by atoms with Gasteiger partial charge in [-0.1, -0.05) is 0 Å². The standard InChI is InChI=1S/C15H19F3N6O2/c1-8(2)24-13(19)11(12(23-24)15(16,17)18)22-9-3-5-10(6-4-9)26-14(20,21)7-25/h3-6,8,19,25H,7,20-21H2,1-2H3. The number of nitrogens with one attached hydrogen (secondary N) is 1. The number of halogens is 3. The van der Waals surface area contributed by atoms with E-state index in [0.29, 0.717) is 0 Å². The SMILES string of the molecule is CC(C)N1N=C(C(F)(F)F)C(=Nc2ccc(OC(N)(N)CO)cc2)C1=N. The molecule has 1 aromatic rings. The molecule has 8 nitrogen and oxygen atoms in total. The van der Waals surface area contributed by atoms with Crippen LogP contribution in [0.2, 0.25) is 0 Å². The minimum atomic E-state index is -4.74. The summed E-state index contributed by atoms with van der Waals surface area (Å²) in [4.78, 5) is 3.91. The van der Waals surface area contributed by atoms with E-state index in [4.69, 9.17) is 26.7 Å². The number of nitrogens with two attached hydrogens (primary N) is 2. The number of aliphatic hydroxyl groups is 1. The number of nitrogens with zero attached hydrogens (tertiary/aromatic N) is 3. The summed E-state index contributed by atoms with van der Waals surface area (Å²) in [5, 5.41) is 21.3. The third kappa shape index (κ3) is 4.36. The Morgan fingerprint density at radius 3 is 2.31 bits per heavy atom. The highest BCUT2D eigenvalue weighted by Crippen LogP contribution is 2.27. The van der Waals surface area contributed by atoms with Crippen LogP contribution < -0.4 is 16.2 Å². The molecular weight excluding hydrogens is 353 g/mol.